The number of aryl methyl sites for hydroxylation is 1. The van der Waals surface area contributed by atoms with Crippen LogP contribution >= 0.6 is 0 Å². The van der Waals surface area contributed by atoms with Gasteiger partial charge in [-0.25, -0.2) is 0 Å². The molecule has 0 spiro atoms. The van der Waals surface area contributed by atoms with E-state index in [1.165, 1.54) is 0 Å². The van der Waals surface area contributed by atoms with Gasteiger partial charge in [0.1, 0.15) is 5.75 Å². The summed E-state index contributed by atoms with van der Waals surface area (Å²) in [6.45, 7) is 1.76. The number of hydrogen-bond acceptors (Lipinski definition) is 5. The molecule has 2 aromatic rings. The highest BCUT2D eigenvalue weighted by atomic mass is 16.5. The molecule has 0 saturated heterocycles. The third kappa shape index (κ3) is 1.76. The van der Waals surface area contributed by atoms with E-state index in [0.717, 1.165) is 5.56 Å². The molecule has 0 saturated carbocycles. The van der Waals surface area contributed by atoms with E-state index in [4.69, 9.17) is 15.0 Å². The fraction of sp³-hybridized carbons (Fsp3) is 0.200. The van der Waals surface area contributed by atoms with Crippen LogP contribution in [0.25, 0.3) is 11.5 Å². The van der Waals surface area contributed by atoms with Crippen LogP contribution in [0.15, 0.2) is 22.7 Å². The summed E-state index contributed by atoms with van der Waals surface area (Å²) in [5, 5.41) is 3.72. The SMILES string of the molecule is COc1cc(N)ccc1-c1nc(C)no1. The summed E-state index contributed by atoms with van der Waals surface area (Å²) in [6, 6.07) is 5.27. The van der Waals surface area contributed by atoms with Crippen molar-refractivity contribution in [3.63, 3.8) is 0 Å². The number of nitrogens with two attached hydrogens (primary N) is 1. The van der Waals surface area contributed by atoms with Crippen LogP contribution in [-0.4, -0.2) is 17.3 Å². The van der Waals surface area contributed by atoms with Gasteiger partial charge in [0.25, 0.3) is 5.89 Å². The third-order valence-electron chi connectivity index (χ3n) is 1.98. The molecule has 0 aliphatic rings. The van der Waals surface area contributed by atoms with E-state index in [1.807, 2.05) is 0 Å². The van der Waals surface area contributed by atoms with Crippen LogP contribution in [0, 0.1) is 6.92 Å². The first-order valence-electron chi connectivity index (χ1n) is 4.45. The monoisotopic (exact) mass is 205 g/mol. The molecule has 15 heavy (non-hydrogen) atoms. The van der Waals surface area contributed by atoms with Gasteiger partial charge in [-0.15, -0.1) is 0 Å². The van der Waals surface area contributed by atoms with Crippen molar-refractivity contribution in [3.8, 4) is 17.2 Å². The lowest BCUT2D eigenvalue weighted by Crippen LogP contribution is -1.91. The Labute approximate surface area is 86.9 Å². The van der Waals surface area contributed by atoms with Crippen LogP contribution < -0.4 is 10.5 Å². The summed E-state index contributed by atoms with van der Waals surface area (Å²) in [7, 11) is 1.57. The number of benzene rings is 1. The molecule has 0 amide bonds. The minimum atomic E-state index is 0.435. The molecule has 0 aliphatic heterocycles. The van der Waals surface area contributed by atoms with E-state index in [9.17, 15) is 0 Å². The van der Waals surface area contributed by atoms with Crippen LogP contribution in [0.5, 0.6) is 5.75 Å². The second-order valence-electron chi connectivity index (χ2n) is 3.11. The Balaban J connectivity index is 2.52. The summed E-state index contributed by atoms with van der Waals surface area (Å²) in [6.07, 6.45) is 0. The molecule has 0 unspecified atom stereocenters. The van der Waals surface area contributed by atoms with Gasteiger partial charge in [-0.3, -0.25) is 0 Å². The van der Waals surface area contributed by atoms with Crippen molar-refractivity contribution in [3.05, 3.63) is 24.0 Å². The van der Waals surface area contributed by atoms with Gasteiger partial charge in [-0.05, 0) is 19.1 Å². The largest absolute Gasteiger partial charge is 0.496 e. The van der Waals surface area contributed by atoms with E-state index in [0.29, 0.717) is 23.2 Å². The van der Waals surface area contributed by atoms with Crippen LogP contribution in [0.3, 0.4) is 0 Å². The zero-order valence-corrected chi connectivity index (χ0v) is 8.52. The maximum atomic E-state index is 5.64. The van der Waals surface area contributed by atoms with Crippen LogP contribution in [-0.2, 0) is 0 Å². The summed E-state index contributed by atoms with van der Waals surface area (Å²) in [4.78, 5) is 4.12. The Hall–Kier alpha value is -2.04. The third-order valence-corrected chi connectivity index (χ3v) is 1.98. The standard InChI is InChI=1S/C10H11N3O2/c1-6-12-10(15-13-6)8-4-3-7(11)5-9(8)14-2/h3-5H,11H2,1-2H3. The number of methoxy groups -OCH3 is 1. The number of nitrogens with zero attached hydrogens (tertiary/aromatic N) is 2. The first-order valence-corrected chi connectivity index (χ1v) is 4.45. The van der Waals surface area contributed by atoms with Gasteiger partial charge in [0.05, 0.1) is 12.7 Å². The Morgan fingerprint density at radius 1 is 1.40 bits per heavy atom. The molecule has 1 aromatic carbocycles. The molecule has 5 heteroatoms. The Kier molecular flexibility index (Phi) is 2.29. The fourth-order valence-electron chi connectivity index (χ4n) is 1.29. The van der Waals surface area contributed by atoms with Gasteiger partial charge in [0, 0.05) is 11.8 Å². The van der Waals surface area contributed by atoms with Crippen molar-refractivity contribution in [1.29, 1.82) is 0 Å². The first kappa shape index (κ1) is 9.51. The van der Waals surface area contributed by atoms with Crippen molar-refractivity contribution in [2.75, 3.05) is 12.8 Å². The molecule has 0 fully saturated rings. The smallest absolute Gasteiger partial charge is 0.261 e. The fourth-order valence-corrected chi connectivity index (χ4v) is 1.29. The maximum Gasteiger partial charge on any atom is 0.261 e. The van der Waals surface area contributed by atoms with Crippen LogP contribution in [0.2, 0.25) is 0 Å². The molecule has 2 rings (SSSR count). The van der Waals surface area contributed by atoms with Crippen LogP contribution in [0.1, 0.15) is 5.82 Å². The molecule has 1 heterocycles. The molecule has 0 bridgehead atoms. The normalized spacial score (nSPS) is 10.3. The number of ether oxygens (including phenoxy) is 1. The molecular weight excluding hydrogens is 194 g/mol. The van der Waals surface area contributed by atoms with E-state index >= 15 is 0 Å². The zero-order valence-electron chi connectivity index (χ0n) is 8.52. The van der Waals surface area contributed by atoms with Crippen molar-refractivity contribution < 1.29 is 9.26 Å². The second kappa shape index (κ2) is 3.61. The van der Waals surface area contributed by atoms with Gasteiger partial charge in [-0.1, -0.05) is 5.16 Å². The quantitative estimate of drug-likeness (QED) is 0.754. The van der Waals surface area contributed by atoms with Gasteiger partial charge in [0.15, 0.2) is 5.82 Å². The van der Waals surface area contributed by atoms with Crippen molar-refractivity contribution in [1.82, 2.24) is 10.1 Å². The highest BCUT2D eigenvalue weighted by Gasteiger charge is 2.12. The maximum absolute atomic E-state index is 5.64. The summed E-state index contributed by atoms with van der Waals surface area (Å²) in [5.74, 6) is 1.65. The lowest BCUT2D eigenvalue weighted by atomic mass is 10.2. The van der Waals surface area contributed by atoms with E-state index in [1.54, 1.807) is 32.2 Å². The zero-order chi connectivity index (χ0) is 10.8. The molecule has 78 valence electrons. The Bertz CT molecular complexity index is 479. The summed E-state index contributed by atoms with van der Waals surface area (Å²) in [5.41, 5.74) is 7.01. The molecule has 1 aromatic heterocycles. The minimum Gasteiger partial charge on any atom is -0.496 e. The number of hydrogen-bond donors (Lipinski definition) is 1. The van der Waals surface area contributed by atoms with Gasteiger partial charge >= 0.3 is 0 Å². The van der Waals surface area contributed by atoms with E-state index < -0.39 is 0 Å². The van der Waals surface area contributed by atoms with E-state index in [-0.39, 0.29) is 0 Å². The lowest BCUT2D eigenvalue weighted by molar-refractivity contribution is 0.404. The number of aromatic nitrogens is 2. The number of rotatable bonds is 2. The Morgan fingerprint density at radius 3 is 2.80 bits per heavy atom. The summed E-state index contributed by atoms with van der Waals surface area (Å²) >= 11 is 0. The van der Waals surface area contributed by atoms with Crippen molar-refractivity contribution in [2.24, 2.45) is 0 Å². The first-order chi connectivity index (χ1) is 7.20. The Morgan fingerprint density at radius 2 is 2.20 bits per heavy atom. The highest BCUT2D eigenvalue weighted by Crippen LogP contribution is 2.30. The van der Waals surface area contributed by atoms with Crippen molar-refractivity contribution in [2.45, 2.75) is 6.92 Å². The number of nitrogen functional groups attached to an aromatic ring is 1. The second-order valence-corrected chi connectivity index (χ2v) is 3.11. The molecule has 0 atom stereocenters. The molecule has 2 N–H and O–H groups in total. The molecule has 0 aliphatic carbocycles. The summed E-state index contributed by atoms with van der Waals surface area (Å²) < 4.78 is 10.2. The lowest BCUT2D eigenvalue weighted by Gasteiger charge is -2.05. The van der Waals surface area contributed by atoms with E-state index in [2.05, 4.69) is 10.1 Å². The number of anilines is 1. The van der Waals surface area contributed by atoms with Gasteiger partial charge < -0.3 is 15.0 Å². The average Bonchev–Trinajstić information content (AvgIpc) is 2.64. The van der Waals surface area contributed by atoms with Gasteiger partial charge in [-0.2, -0.15) is 4.98 Å². The molecule has 0 radical (unpaired) electrons. The molecular formula is C10H11N3O2. The minimum absolute atomic E-state index is 0.435. The molecule has 5 nitrogen and oxygen atoms in total. The van der Waals surface area contributed by atoms with Gasteiger partial charge in [0.2, 0.25) is 0 Å². The predicted molar refractivity (Wildman–Crippen MR) is 55.4 cm³/mol. The predicted octanol–water partition coefficient (Wildman–Crippen LogP) is 1.64. The van der Waals surface area contributed by atoms with Crippen LogP contribution in [0.4, 0.5) is 5.69 Å². The van der Waals surface area contributed by atoms with Crippen molar-refractivity contribution >= 4 is 5.69 Å². The topological polar surface area (TPSA) is 74.2 Å². The average molecular weight is 205 g/mol. The highest BCUT2D eigenvalue weighted by molar-refractivity contribution is 5.66.